The normalized spacial score (nSPS) is 24.5. The number of rotatable bonds is 4. The number of hydrogen-bond donors (Lipinski definition) is 1. The Morgan fingerprint density at radius 2 is 1.94 bits per heavy atom. The Morgan fingerprint density at radius 1 is 1.24 bits per heavy atom. The van der Waals surface area contributed by atoms with Crippen LogP contribution in [0.3, 0.4) is 0 Å². The predicted molar refractivity (Wildman–Crippen MR) is 71.1 cm³/mol. The number of hydrogen-bond acceptors (Lipinski definition) is 2. The maximum atomic E-state index is 11.2. The van der Waals surface area contributed by atoms with E-state index in [1.807, 2.05) is 18.2 Å². The Labute approximate surface area is 106 Å². The minimum absolute atomic E-state index is 0.141. The van der Waals surface area contributed by atoms with Crippen LogP contribution in [0, 0.1) is 5.92 Å². The SMILES string of the molecule is O=C(O)[C@@H]1CCCC[C@H]1SCc1ccccc1. The first kappa shape index (κ1) is 12.5. The van der Waals surface area contributed by atoms with Crippen molar-refractivity contribution in [3.63, 3.8) is 0 Å². The summed E-state index contributed by atoms with van der Waals surface area (Å²) in [5.74, 6) is 0.169. The highest BCUT2D eigenvalue weighted by atomic mass is 32.2. The number of carboxylic acid groups (broad SMARTS) is 1. The van der Waals surface area contributed by atoms with Gasteiger partial charge in [-0.05, 0) is 18.4 Å². The van der Waals surface area contributed by atoms with E-state index in [2.05, 4.69) is 12.1 Å². The van der Waals surface area contributed by atoms with Gasteiger partial charge in [-0.1, -0.05) is 43.2 Å². The summed E-state index contributed by atoms with van der Waals surface area (Å²) in [5, 5.41) is 9.49. The fourth-order valence-corrected chi connectivity index (χ4v) is 3.77. The third-order valence-corrected chi connectivity index (χ3v) is 4.82. The van der Waals surface area contributed by atoms with Crippen molar-refractivity contribution in [3.8, 4) is 0 Å². The lowest BCUT2D eigenvalue weighted by Crippen LogP contribution is -2.29. The van der Waals surface area contributed by atoms with Crippen LogP contribution in [-0.2, 0) is 10.5 Å². The summed E-state index contributed by atoms with van der Waals surface area (Å²) >= 11 is 1.81. The molecule has 0 bridgehead atoms. The number of thioether (sulfide) groups is 1. The molecule has 1 aliphatic rings. The van der Waals surface area contributed by atoms with Gasteiger partial charge in [-0.3, -0.25) is 4.79 Å². The summed E-state index contributed by atoms with van der Waals surface area (Å²) in [6.45, 7) is 0. The molecule has 1 fully saturated rings. The molecular weight excluding hydrogens is 232 g/mol. The molecule has 1 aromatic rings. The van der Waals surface area contributed by atoms with E-state index in [1.54, 1.807) is 11.8 Å². The largest absolute Gasteiger partial charge is 0.481 e. The van der Waals surface area contributed by atoms with Crippen LogP contribution in [0.15, 0.2) is 30.3 Å². The molecule has 0 unspecified atom stereocenters. The molecule has 0 aromatic heterocycles. The first-order valence-electron chi connectivity index (χ1n) is 6.15. The van der Waals surface area contributed by atoms with Crippen molar-refractivity contribution < 1.29 is 9.90 Å². The second kappa shape index (κ2) is 6.10. The number of carbonyl (C=O) groups is 1. The Bertz CT molecular complexity index is 364. The van der Waals surface area contributed by atoms with Crippen molar-refractivity contribution in [2.24, 2.45) is 5.92 Å². The van der Waals surface area contributed by atoms with Gasteiger partial charge in [0.2, 0.25) is 0 Å². The standard InChI is InChI=1S/C14H18O2S/c15-14(16)12-8-4-5-9-13(12)17-10-11-6-2-1-3-7-11/h1-3,6-7,12-13H,4-5,8-10H2,(H,15,16)/t12-,13-/m1/s1. The van der Waals surface area contributed by atoms with Crippen molar-refractivity contribution >= 4 is 17.7 Å². The Kier molecular flexibility index (Phi) is 4.49. The highest BCUT2D eigenvalue weighted by Crippen LogP contribution is 2.35. The summed E-state index contributed by atoms with van der Waals surface area (Å²) in [6.07, 6.45) is 4.14. The van der Waals surface area contributed by atoms with Gasteiger partial charge in [0, 0.05) is 11.0 Å². The smallest absolute Gasteiger partial charge is 0.307 e. The average Bonchev–Trinajstić information content (AvgIpc) is 2.38. The van der Waals surface area contributed by atoms with Crippen molar-refractivity contribution in [2.75, 3.05) is 0 Å². The van der Waals surface area contributed by atoms with E-state index >= 15 is 0 Å². The fraction of sp³-hybridized carbons (Fsp3) is 0.500. The zero-order valence-corrected chi connectivity index (χ0v) is 10.7. The third kappa shape index (κ3) is 3.50. The lowest BCUT2D eigenvalue weighted by molar-refractivity contribution is -0.142. The molecule has 3 heteroatoms. The Balaban J connectivity index is 1.90. The van der Waals surface area contributed by atoms with Crippen molar-refractivity contribution in [1.82, 2.24) is 0 Å². The van der Waals surface area contributed by atoms with Crippen molar-refractivity contribution in [1.29, 1.82) is 0 Å². The third-order valence-electron chi connectivity index (χ3n) is 3.33. The Hall–Kier alpha value is -0.960. The molecule has 17 heavy (non-hydrogen) atoms. The highest BCUT2D eigenvalue weighted by Gasteiger charge is 2.30. The highest BCUT2D eigenvalue weighted by molar-refractivity contribution is 7.99. The van der Waals surface area contributed by atoms with Gasteiger partial charge in [-0.25, -0.2) is 0 Å². The maximum absolute atomic E-state index is 11.2. The average molecular weight is 250 g/mol. The first-order valence-corrected chi connectivity index (χ1v) is 7.20. The minimum atomic E-state index is -0.615. The monoisotopic (exact) mass is 250 g/mol. The van der Waals surface area contributed by atoms with Gasteiger partial charge in [-0.2, -0.15) is 11.8 Å². The van der Waals surface area contributed by atoms with E-state index in [0.717, 1.165) is 25.0 Å². The van der Waals surface area contributed by atoms with Gasteiger partial charge in [0.1, 0.15) is 0 Å². The fourth-order valence-electron chi connectivity index (χ4n) is 2.36. The van der Waals surface area contributed by atoms with Crippen molar-refractivity contribution in [2.45, 2.75) is 36.7 Å². The lowest BCUT2D eigenvalue weighted by Gasteiger charge is -2.27. The second-order valence-corrected chi connectivity index (χ2v) is 5.79. The van der Waals surface area contributed by atoms with E-state index in [-0.39, 0.29) is 5.92 Å². The van der Waals surface area contributed by atoms with E-state index < -0.39 is 5.97 Å². The molecule has 0 spiro atoms. The van der Waals surface area contributed by atoms with Crippen molar-refractivity contribution in [3.05, 3.63) is 35.9 Å². The summed E-state index contributed by atoms with van der Waals surface area (Å²) in [7, 11) is 0. The molecule has 2 rings (SSSR count). The van der Waals surface area contributed by atoms with Gasteiger partial charge in [0.25, 0.3) is 0 Å². The molecule has 0 saturated heterocycles. The molecule has 2 nitrogen and oxygen atoms in total. The number of aliphatic carboxylic acids is 1. The number of carboxylic acids is 1. The zero-order valence-electron chi connectivity index (χ0n) is 9.84. The zero-order chi connectivity index (χ0) is 12.1. The van der Waals surface area contributed by atoms with Crippen LogP contribution in [0.1, 0.15) is 31.2 Å². The molecule has 1 saturated carbocycles. The molecule has 92 valence electrons. The first-order chi connectivity index (χ1) is 8.27. The molecule has 1 aliphatic carbocycles. The topological polar surface area (TPSA) is 37.3 Å². The summed E-state index contributed by atoms with van der Waals surface area (Å²) in [5.41, 5.74) is 1.28. The molecular formula is C14H18O2S. The summed E-state index contributed by atoms with van der Waals surface area (Å²) in [6, 6.07) is 10.3. The van der Waals surface area contributed by atoms with E-state index in [1.165, 1.54) is 12.0 Å². The van der Waals surface area contributed by atoms with Gasteiger partial charge in [-0.15, -0.1) is 0 Å². The quantitative estimate of drug-likeness (QED) is 0.887. The predicted octanol–water partition coefficient (Wildman–Crippen LogP) is 3.56. The second-order valence-electron chi connectivity index (χ2n) is 4.56. The van der Waals surface area contributed by atoms with Crippen LogP contribution in [0.5, 0.6) is 0 Å². The lowest BCUT2D eigenvalue weighted by atomic mass is 9.89. The molecule has 0 radical (unpaired) electrons. The van der Waals surface area contributed by atoms with Gasteiger partial charge >= 0.3 is 5.97 Å². The van der Waals surface area contributed by atoms with Gasteiger partial charge in [0.15, 0.2) is 0 Å². The van der Waals surface area contributed by atoms with E-state index in [9.17, 15) is 9.90 Å². The summed E-state index contributed by atoms with van der Waals surface area (Å²) < 4.78 is 0. The van der Waals surface area contributed by atoms with Crippen LogP contribution in [0.2, 0.25) is 0 Å². The molecule has 0 heterocycles. The molecule has 2 atom stereocenters. The summed E-state index contributed by atoms with van der Waals surface area (Å²) in [4.78, 5) is 11.2. The van der Waals surface area contributed by atoms with Gasteiger partial charge < -0.3 is 5.11 Å². The maximum Gasteiger partial charge on any atom is 0.307 e. The molecule has 0 amide bonds. The Morgan fingerprint density at radius 3 is 2.65 bits per heavy atom. The van der Waals surface area contributed by atoms with Crippen LogP contribution >= 0.6 is 11.8 Å². The van der Waals surface area contributed by atoms with Crippen LogP contribution < -0.4 is 0 Å². The van der Waals surface area contributed by atoms with Crippen LogP contribution in [-0.4, -0.2) is 16.3 Å². The molecule has 0 aliphatic heterocycles. The van der Waals surface area contributed by atoms with E-state index in [4.69, 9.17) is 0 Å². The number of benzene rings is 1. The molecule has 1 N–H and O–H groups in total. The molecule has 1 aromatic carbocycles. The minimum Gasteiger partial charge on any atom is -0.481 e. The van der Waals surface area contributed by atoms with Crippen LogP contribution in [0.4, 0.5) is 0 Å². The van der Waals surface area contributed by atoms with E-state index in [0.29, 0.717) is 5.25 Å². The van der Waals surface area contributed by atoms with Crippen LogP contribution in [0.25, 0.3) is 0 Å². The van der Waals surface area contributed by atoms with Gasteiger partial charge in [0.05, 0.1) is 5.92 Å².